The van der Waals surface area contributed by atoms with Gasteiger partial charge in [-0.3, -0.25) is 4.79 Å². The highest BCUT2D eigenvalue weighted by atomic mass is 35.6. The molecule has 0 aromatic rings. The maximum absolute atomic E-state index is 11.3. The standard InChI is InChI=1S/C10H17Cl3O2/c1-4-15-8(14)7-9(2,3)5-6-10(11,12)13/h4-7H2,1-3H3. The van der Waals surface area contributed by atoms with Gasteiger partial charge in [0.05, 0.1) is 13.0 Å². The zero-order valence-electron chi connectivity index (χ0n) is 9.28. The van der Waals surface area contributed by atoms with Gasteiger partial charge in [-0.1, -0.05) is 48.7 Å². The number of esters is 1. The van der Waals surface area contributed by atoms with Crippen LogP contribution in [0.15, 0.2) is 0 Å². The van der Waals surface area contributed by atoms with Crippen LogP contribution in [0.25, 0.3) is 0 Å². The largest absolute Gasteiger partial charge is 0.466 e. The summed E-state index contributed by atoms with van der Waals surface area (Å²) in [6.45, 7) is 6.10. The Kier molecular flexibility index (Phi) is 6.31. The van der Waals surface area contributed by atoms with Gasteiger partial charge in [0.1, 0.15) is 0 Å². The molecule has 0 fully saturated rings. The first-order chi connectivity index (χ1) is 6.66. The van der Waals surface area contributed by atoms with Gasteiger partial charge in [-0.15, -0.1) is 0 Å². The van der Waals surface area contributed by atoms with Crippen molar-refractivity contribution >= 4 is 40.8 Å². The highest BCUT2D eigenvalue weighted by Crippen LogP contribution is 2.37. The number of hydrogen-bond donors (Lipinski definition) is 0. The minimum absolute atomic E-state index is 0.198. The lowest BCUT2D eigenvalue weighted by Gasteiger charge is -2.25. The first-order valence-corrected chi connectivity index (χ1v) is 6.02. The van der Waals surface area contributed by atoms with Crippen LogP contribution in [0.1, 0.15) is 40.0 Å². The van der Waals surface area contributed by atoms with Crippen molar-refractivity contribution in [3.63, 3.8) is 0 Å². The molecule has 0 aromatic heterocycles. The van der Waals surface area contributed by atoms with E-state index in [-0.39, 0.29) is 11.4 Å². The summed E-state index contributed by atoms with van der Waals surface area (Å²) in [6.07, 6.45) is 1.45. The molecule has 2 nitrogen and oxygen atoms in total. The van der Waals surface area contributed by atoms with Gasteiger partial charge in [-0.25, -0.2) is 0 Å². The number of halogens is 3. The normalized spacial score (nSPS) is 12.7. The van der Waals surface area contributed by atoms with Gasteiger partial charge in [0.2, 0.25) is 0 Å². The third-order valence-electron chi connectivity index (χ3n) is 2.01. The maximum Gasteiger partial charge on any atom is 0.306 e. The summed E-state index contributed by atoms with van der Waals surface area (Å²) in [4.78, 5) is 11.3. The van der Waals surface area contributed by atoms with E-state index >= 15 is 0 Å². The van der Waals surface area contributed by atoms with Crippen molar-refractivity contribution < 1.29 is 9.53 Å². The number of rotatable bonds is 5. The molecule has 0 spiro atoms. The number of carbonyl (C=O) groups excluding carboxylic acids is 1. The molecule has 0 saturated carbocycles. The highest BCUT2D eigenvalue weighted by molar-refractivity contribution is 6.67. The van der Waals surface area contributed by atoms with Crippen LogP contribution in [0.2, 0.25) is 0 Å². The Morgan fingerprint density at radius 1 is 1.20 bits per heavy atom. The van der Waals surface area contributed by atoms with E-state index < -0.39 is 3.79 Å². The van der Waals surface area contributed by atoms with Crippen LogP contribution in [0.3, 0.4) is 0 Å². The molecule has 0 saturated heterocycles. The summed E-state index contributed by atoms with van der Waals surface area (Å²) < 4.78 is 3.63. The maximum atomic E-state index is 11.3. The van der Waals surface area contributed by atoms with Crippen molar-refractivity contribution in [2.75, 3.05) is 6.61 Å². The van der Waals surface area contributed by atoms with Gasteiger partial charge in [0.25, 0.3) is 0 Å². The topological polar surface area (TPSA) is 26.3 Å². The zero-order valence-corrected chi connectivity index (χ0v) is 11.5. The highest BCUT2D eigenvalue weighted by Gasteiger charge is 2.28. The van der Waals surface area contributed by atoms with E-state index in [9.17, 15) is 4.79 Å². The van der Waals surface area contributed by atoms with Gasteiger partial charge in [0, 0.05) is 0 Å². The third-order valence-corrected chi connectivity index (χ3v) is 2.58. The van der Waals surface area contributed by atoms with Crippen LogP contribution in [-0.2, 0) is 9.53 Å². The van der Waals surface area contributed by atoms with E-state index in [0.717, 1.165) is 0 Å². The minimum Gasteiger partial charge on any atom is -0.466 e. The van der Waals surface area contributed by atoms with Crippen LogP contribution in [0.4, 0.5) is 0 Å². The van der Waals surface area contributed by atoms with E-state index in [4.69, 9.17) is 39.5 Å². The van der Waals surface area contributed by atoms with E-state index in [0.29, 0.717) is 25.9 Å². The summed E-state index contributed by atoms with van der Waals surface area (Å²) in [5.41, 5.74) is -0.198. The van der Waals surface area contributed by atoms with Crippen molar-refractivity contribution in [2.24, 2.45) is 5.41 Å². The molecule has 0 bridgehead atoms. The molecule has 0 atom stereocenters. The Balaban J connectivity index is 4.02. The quantitative estimate of drug-likeness (QED) is 0.557. The van der Waals surface area contributed by atoms with Crippen molar-refractivity contribution in [3.8, 4) is 0 Å². The molecule has 0 rings (SSSR count). The van der Waals surface area contributed by atoms with Crippen molar-refractivity contribution in [1.29, 1.82) is 0 Å². The van der Waals surface area contributed by atoms with Gasteiger partial charge < -0.3 is 4.74 Å². The fourth-order valence-corrected chi connectivity index (χ4v) is 1.45. The first-order valence-electron chi connectivity index (χ1n) is 4.89. The predicted octanol–water partition coefficient (Wildman–Crippen LogP) is 4.12. The minimum atomic E-state index is -1.24. The summed E-state index contributed by atoms with van der Waals surface area (Å²) in [5, 5.41) is 0. The molecule has 90 valence electrons. The van der Waals surface area contributed by atoms with Crippen LogP contribution in [0.5, 0.6) is 0 Å². The first kappa shape index (κ1) is 15.3. The van der Waals surface area contributed by atoms with E-state index in [1.54, 1.807) is 6.92 Å². The zero-order chi connectivity index (χ0) is 12.1. The molecular formula is C10H17Cl3O2. The second kappa shape index (κ2) is 6.17. The van der Waals surface area contributed by atoms with E-state index in [2.05, 4.69) is 0 Å². The van der Waals surface area contributed by atoms with E-state index in [1.807, 2.05) is 13.8 Å². The summed E-state index contributed by atoms with van der Waals surface area (Å²) in [6, 6.07) is 0. The Morgan fingerprint density at radius 3 is 2.13 bits per heavy atom. The van der Waals surface area contributed by atoms with Crippen molar-refractivity contribution in [2.45, 2.75) is 43.8 Å². The number of ether oxygens (including phenoxy) is 1. The molecular weight excluding hydrogens is 258 g/mol. The van der Waals surface area contributed by atoms with Crippen LogP contribution in [-0.4, -0.2) is 16.4 Å². The average molecular weight is 276 g/mol. The molecule has 0 aliphatic rings. The summed E-state index contributed by atoms with van der Waals surface area (Å²) in [7, 11) is 0. The molecule has 0 aliphatic heterocycles. The Hall–Kier alpha value is 0.340. The van der Waals surface area contributed by atoms with Crippen molar-refractivity contribution in [3.05, 3.63) is 0 Å². The number of alkyl halides is 3. The molecule has 0 radical (unpaired) electrons. The molecule has 0 aromatic carbocycles. The predicted molar refractivity (Wildman–Crippen MR) is 64.6 cm³/mol. The third kappa shape index (κ3) is 9.28. The number of carbonyl (C=O) groups is 1. The molecule has 0 aliphatic carbocycles. The fourth-order valence-electron chi connectivity index (χ4n) is 1.17. The van der Waals surface area contributed by atoms with Crippen LogP contribution >= 0.6 is 34.8 Å². The molecule has 0 N–H and O–H groups in total. The number of hydrogen-bond acceptors (Lipinski definition) is 2. The lowest BCUT2D eigenvalue weighted by atomic mass is 9.84. The van der Waals surface area contributed by atoms with Crippen molar-refractivity contribution in [1.82, 2.24) is 0 Å². The average Bonchev–Trinajstić information content (AvgIpc) is 1.99. The van der Waals surface area contributed by atoms with Gasteiger partial charge in [0.15, 0.2) is 3.79 Å². The Labute approximate surface area is 106 Å². The second-order valence-electron chi connectivity index (χ2n) is 4.26. The lowest BCUT2D eigenvalue weighted by Crippen LogP contribution is -2.21. The van der Waals surface area contributed by atoms with Gasteiger partial charge >= 0.3 is 5.97 Å². The van der Waals surface area contributed by atoms with Gasteiger partial charge in [-0.05, 0) is 25.2 Å². The smallest absolute Gasteiger partial charge is 0.306 e. The van der Waals surface area contributed by atoms with E-state index in [1.165, 1.54) is 0 Å². The monoisotopic (exact) mass is 274 g/mol. The molecule has 0 heterocycles. The summed E-state index contributed by atoms with van der Waals surface area (Å²) >= 11 is 17.0. The summed E-state index contributed by atoms with van der Waals surface area (Å²) in [5.74, 6) is -0.202. The van der Waals surface area contributed by atoms with Crippen LogP contribution < -0.4 is 0 Å². The van der Waals surface area contributed by atoms with Gasteiger partial charge in [-0.2, -0.15) is 0 Å². The Morgan fingerprint density at radius 2 is 1.73 bits per heavy atom. The molecule has 0 unspecified atom stereocenters. The molecule has 5 heteroatoms. The molecule has 0 amide bonds. The fraction of sp³-hybridized carbons (Fsp3) is 0.900. The lowest BCUT2D eigenvalue weighted by molar-refractivity contribution is -0.145. The van der Waals surface area contributed by atoms with Crippen LogP contribution in [0, 0.1) is 5.41 Å². The second-order valence-corrected chi connectivity index (χ2v) is 6.78. The SMILES string of the molecule is CCOC(=O)CC(C)(C)CCC(Cl)(Cl)Cl. The molecule has 15 heavy (non-hydrogen) atoms. The Bertz CT molecular complexity index is 209.